The molecule has 4 rings (SSSR count). The van der Waals surface area contributed by atoms with E-state index in [-0.39, 0.29) is 0 Å². The van der Waals surface area contributed by atoms with Crippen LogP contribution in [0.15, 0.2) is 42.5 Å². The molecule has 1 heterocycles. The maximum Gasteiger partial charge on any atom is 0.407 e. The Hall–Kier alpha value is -3.11. The molecule has 180 valence electrons. The van der Waals surface area contributed by atoms with Crippen LogP contribution in [0.4, 0.5) is 16.2 Å². The molecule has 0 spiro atoms. The van der Waals surface area contributed by atoms with Crippen molar-refractivity contribution in [2.75, 3.05) is 11.9 Å². The molecule has 1 amide bonds. The standard InChI is InChI=1S/C26H23Cl3N4O2/c1-26(2,3)35-25(34)31-7-6-14-8-17(32-16-4-5-20(27)15(9-16)13-30)10-19-18-11-21(28)22(29)12-23(18)33-24(14)19/h4-5,8-12,32-33H,6-7H2,1-3H3,(H,31,34). The van der Waals surface area contributed by atoms with Crippen molar-refractivity contribution >= 4 is 74.1 Å². The van der Waals surface area contributed by atoms with Crippen LogP contribution < -0.4 is 10.6 Å². The summed E-state index contributed by atoms with van der Waals surface area (Å²) in [4.78, 5) is 15.5. The number of nitrogens with one attached hydrogen (secondary N) is 3. The molecule has 0 saturated heterocycles. The van der Waals surface area contributed by atoms with Gasteiger partial charge in [0.15, 0.2) is 0 Å². The van der Waals surface area contributed by atoms with Crippen LogP contribution in [0.3, 0.4) is 0 Å². The van der Waals surface area contributed by atoms with Crippen molar-refractivity contribution in [3.8, 4) is 6.07 Å². The van der Waals surface area contributed by atoms with Crippen LogP contribution in [0.1, 0.15) is 31.9 Å². The van der Waals surface area contributed by atoms with Crippen LogP contribution in [0.5, 0.6) is 0 Å². The van der Waals surface area contributed by atoms with E-state index in [1.807, 2.05) is 45.0 Å². The summed E-state index contributed by atoms with van der Waals surface area (Å²) in [6, 6.07) is 14.9. The minimum absolute atomic E-state index is 0.379. The van der Waals surface area contributed by atoms with Crippen LogP contribution in [0.25, 0.3) is 21.8 Å². The third kappa shape index (κ3) is 5.76. The molecule has 0 saturated carbocycles. The Morgan fingerprint density at radius 2 is 1.74 bits per heavy atom. The Balaban J connectivity index is 1.72. The summed E-state index contributed by atoms with van der Waals surface area (Å²) in [5.41, 5.74) is 4.09. The maximum absolute atomic E-state index is 12.1. The zero-order valence-corrected chi connectivity index (χ0v) is 21.6. The van der Waals surface area contributed by atoms with E-state index in [0.29, 0.717) is 33.6 Å². The zero-order chi connectivity index (χ0) is 25.3. The molecule has 0 aliphatic rings. The summed E-state index contributed by atoms with van der Waals surface area (Å²) in [7, 11) is 0. The van der Waals surface area contributed by atoms with Gasteiger partial charge in [-0.05, 0) is 75.2 Å². The summed E-state index contributed by atoms with van der Waals surface area (Å²) in [5.74, 6) is 0. The number of amides is 1. The van der Waals surface area contributed by atoms with Gasteiger partial charge in [-0.2, -0.15) is 5.26 Å². The number of nitrogens with zero attached hydrogens (tertiary/aromatic N) is 1. The van der Waals surface area contributed by atoms with Gasteiger partial charge in [0.05, 0.1) is 20.6 Å². The average Bonchev–Trinajstić information content (AvgIpc) is 3.11. The van der Waals surface area contributed by atoms with Crippen molar-refractivity contribution < 1.29 is 9.53 Å². The van der Waals surface area contributed by atoms with Gasteiger partial charge < -0.3 is 20.4 Å². The summed E-state index contributed by atoms with van der Waals surface area (Å²) < 4.78 is 5.34. The lowest BCUT2D eigenvalue weighted by molar-refractivity contribution is 0.0528. The van der Waals surface area contributed by atoms with Gasteiger partial charge in [-0.15, -0.1) is 0 Å². The van der Waals surface area contributed by atoms with E-state index in [1.165, 1.54) is 0 Å². The Morgan fingerprint density at radius 3 is 2.46 bits per heavy atom. The first-order chi connectivity index (χ1) is 16.5. The molecular formula is C26H23Cl3N4O2. The van der Waals surface area contributed by atoms with E-state index in [2.05, 4.69) is 21.7 Å². The number of anilines is 2. The van der Waals surface area contributed by atoms with E-state index in [4.69, 9.17) is 39.5 Å². The smallest absolute Gasteiger partial charge is 0.407 e. The first kappa shape index (κ1) is 25.0. The average molecular weight is 530 g/mol. The summed E-state index contributed by atoms with van der Waals surface area (Å²) in [6.45, 7) is 5.84. The minimum Gasteiger partial charge on any atom is -0.444 e. The van der Waals surface area contributed by atoms with Gasteiger partial charge in [0.1, 0.15) is 11.7 Å². The molecule has 4 aromatic rings. The minimum atomic E-state index is -0.572. The monoisotopic (exact) mass is 528 g/mol. The van der Waals surface area contributed by atoms with Crippen LogP contribution in [0.2, 0.25) is 15.1 Å². The van der Waals surface area contributed by atoms with E-state index >= 15 is 0 Å². The number of ether oxygens (including phenoxy) is 1. The van der Waals surface area contributed by atoms with Crippen molar-refractivity contribution in [2.24, 2.45) is 0 Å². The largest absolute Gasteiger partial charge is 0.444 e. The number of hydrogen-bond donors (Lipinski definition) is 3. The summed E-state index contributed by atoms with van der Waals surface area (Å²) in [5, 5.41) is 18.7. The molecule has 0 unspecified atom stereocenters. The molecular weight excluding hydrogens is 507 g/mol. The highest BCUT2D eigenvalue weighted by atomic mass is 35.5. The number of aromatic nitrogens is 1. The summed E-state index contributed by atoms with van der Waals surface area (Å²) >= 11 is 18.6. The van der Waals surface area contributed by atoms with Gasteiger partial charge in [0.25, 0.3) is 0 Å². The van der Waals surface area contributed by atoms with E-state index < -0.39 is 11.7 Å². The van der Waals surface area contributed by atoms with Crippen molar-refractivity contribution in [1.29, 1.82) is 5.26 Å². The second-order valence-corrected chi connectivity index (χ2v) is 10.3. The number of aromatic amines is 1. The normalized spacial score (nSPS) is 11.5. The molecule has 0 atom stereocenters. The molecule has 0 bridgehead atoms. The van der Waals surface area contributed by atoms with Gasteiger partial charge in [-0.25, -0.2) is 4.79 Å². The maximum atomic E-state index is 12.1. The number of H-pyrrole nitrogens is 1. The fourth-order valence-corrected chi connectivity index (χ4v) is 4.30. The Bertz CT molecular complexity index is 1480. The molecule has 0 radical (unpaired) electrons. The zero-order valence-electron chi connectivity index (χ0n) is 19.4. The van der Waals surface area contributed by atoms with Crippen molar-refractivity contribution in [2.45, 2.75) is 32.8 Å². The fraction of sp³-hybridized carbons (Fsp3) is 0.231. The van der Waals surface area contributed by atoms with E-state index in [0.717, 1.165) is 38.7 Å². The lowest BCUT2D eigenvalue weighted by atomic mass is 10.0. The fourth-order valence-electron chi connectivity index (χ4n) is 3.81. The topological polar surface area (TPSA) is 89.9 Å². The first-order valence-electron chi connectivity index (χ1n) is 10.9. The number of halogens is 3. The second kappa shape index (κ2) is 9.87. The predicted molar refractivity (Wildman–Crippen MR) is 143 cm³/mol. The van der Waals surface area contributed by atoms with E-state index in [1.54, 1.807) is 18.2 Å². The summed E-state index contributed by atoms with van der Waals surface area (Å²) in [6.07, 6.45) is 0.0762. The van der Waals surface area contributed by atoms with Crippen molar-refractivity contribution in [1.82, 2.24) is 10.3 Å². The highest BCUT2D eigenvalue weighted by Gasteiger charge is 2.17. The Kier molecular flexibility index (Phi) is 7.05. The van der Waals surface area contributed by atoms with Gasteiger partial charge >= 0.3 is 6.09 Å². The third-order valence-electron chi connectivity index (χ3n) is 5.27. The highest BCUT2D eigenvalue weighted by Crippen LogP contribution is 2.36. The predicted octanol–water partition coefficient (Wildman–Crippen LogP) is 7.96. The van der Waals surface area contributed by atoms with E-state index in [9.17, 15) is 10.1 Å². The molecule has 35 heavy (non-hydrogen) atoms. The highest BCUT2D eigenvalue weighted by molar-refractivity contribution is 6.43. The van der Waals surface area contributed by atoms with Gasteiger partial charge in [-0.3, -0.25) is 0 Å². The molecule has 0 aliphatic heterocycles. The van der Waals surface area contributed by atoms with Gasteiger partial charge in [0, 0.05) is 39.7 Å². The number of rotatable bonds is 5. The van der Waals surface area contributed by atoms with Crippen molar-refractivity contribution in [3.05, 3.63) is 68.7 Å². The molecule has 0 aliphatic carbocycles. The number of nitriles is 1. The molecule has 3 N–H and O–H groups in total. The first-order valence-corrected chi connectivity index (χ1v) is 12.0. The van der Waals surface area contributed by atoms with Crippen LogP contribution in [-0.2, 0) is 11.2 Å². The molecule has 6 nitrogen and oxygen atoms in total. The number of alkyl carbamates (subject to hydrolysis) is 1. The number of fused-ring (bicyclic) bond motifs is 3. The van der Waals surface area contributed by atoms with Gasteiger partial charge in [0.2, 0.25) is 0 Å². The second-order valence-electron chi connectivity index (χ2n) is 9.10. The Morgan fingerprint density at radius 1 is 1.00 bits per heavy atom. The number of carbonyl (C=O) groups is 1. The number of carbonyl (C=O) groups excluding carboxylic acids is 1. The van der Waals surface area contributed by atoms with Crippen LogP contribution in [-0.4, -0.2) is 23.2 Å². The van der Waals surface area contributed by atoms with Gasteiger partial charge in [-0.1, -0.05) is 34.8 Å². The number of benzene rings is 3. The lowest BCUT2D eigenvalue weighted by Crippen LogP contribution is -2.33. The molecule has 0 fully saturated rings. The molecule has 3 aromatic carbocycles. The molecule has 1 aromatic heterocycles. The number of hydrogen-bond acceptors (Lipinski definition) is 4. The van der Waals surface area contributed by atoms with Crippen LogP contribution >= 0.6 is 34.8 Å². The third-order valence-corrected chi connectivity index (χ3v) is 6.32. The SMILES string of the molecule is CC(C)(C)OC(=O)NCCc1cc(Nc2ccc(Cl)c(C#N)c2)cc2c1[nH]c1cc(Cl)c(Cl)cc12. The van der Waals surface area contributed by atoms with Crippen molar-refractivity contribution in [3.63, 3.8) is 0 Å². The van der Waals surface area contributed by atoms with Crippen LogP contribution in [0, 0.1) is 11.3 Å². The Labute approximate surface area is 218 Å². The lowest BCUT2D eigenvalue weighted by Gasteiger charge is -2.19. The quantitative estimate of drug-likeness (QED) is 0.244. The molecule has 9 heteroatoms.